The second-order valence-corrected chi connectivity index (χ2v) is 4.83. The van der Waals surface area contributed by atoms with Crippen LogP contribution in [0.15, 0.2) is 12.1 Å². The molecule has 1 fully saturated rings. The largest absolute Gasteiger partial charge is 0.314 e. The predicted octanol–water partition coefficient (Wildman–Crippen LogP) is 3.03. The van der Waals surface area contributed by atoms with Crippen molar-refractivity contribution >= 4 is 0 Å². The van der Waals surface area contributed by atoms with Crippen LogP contribution in [0.5, 0.6) is 0 Å². The number of hydrogen-bond donors (Lipinski definition) is 1. The zero-order valence-corrected chi connectivity index (χ0v) is 9.77. The maximum atomic E-state index is 13.4. The molecule has 2 rings (SSSR count). The van der Waals surface area contributed by atoms with Gasteiger partial charge in [-0.05, 0) is 43.4 Å². The lowest BCUT2D eigenvalue weighted by Gasteiger charge is -2.13. The third-order valence-corrected chi connectivity index (χ3v) is 3.02. The number of halogens is 3. The van der Waals surface area contributed by atoms with Crippen LogP contribution in [0.3, 0.4) is 0 Å². The first-order valence-electron chi connectivity index (χ1n) is 5.93. The summed E-state index contributed by atoms with van der Waals surface area (Å²) in [4.78, 5) is 0. The van der Waals surface area contributed by atoms with Crippen molar-refractivity contribution in [3.8, 4) is 0 Å². The molecule has 1 atom stereocenters. The summed E-state index contributed by atoms with van der Waals surface area (Å²) in [5.74, 6) is -3.35. The number of rotatable bonds is 5. The third kappa shape index (κ3) is 3.22. The molecule has 0 spiro atoms. The van der Waals surface area contributed by atoms with E-state index >= 15 is 0 Å². The average Bonchev–Trinajstić information content (AvgIpc) is 3.11. The van der Waals surface area contributed by atoms with Gasteiger partial charge >= 0.3 is 0 Å². The summed E-state index contributed by atoms with van der Waals surface area (Å²) in [6.45, 7) is 2.75. The van der Waals surface area contributed by atoms with E-state index in [1.807, 2.05) is 6.92 Å². The van der Waals surface area contributed by atoms with Crippen LogP contribution in [0.4, 0.5) is 13.2 Å². The molecule has 0 aliphatic heterocycles. The van der Waals surface area contributed by atoms with Crippen LogP contribution in [0, 0.1) is 23.4 Å². The molecular formula is C13H16F3N. The SMILES string of the molecule is CC(CNC1CC1)Cc1ccc(F)c(F)c1F. The van der Waals surface area contributed by atoms with Crippen LogP contribution < -0.4 is 5.32 Å². The van der Waals surface area contributed by atoms with E-state index in [0.717, 1.165) is 12.6 Å². The first-order valence-corrected chi connectivity index (χ1v) is 5.93. The molecule has 0 bridgehead atoms. The summed E-state index contributed by atoms with van der Waals surface area (Å²) in [6, 6.07) is 2.91. The van der Waals surface area contributed by atoms with Gasteiger partial charge in [0.2, 0.25) is 0 Å². The van der Waals surface area contributed by atoms with E-state index in [-0.39, 0.29) is 11.5 Å². The minimum Gasteiger partial charge on any atom is -0.314 e. The van der Waals surface area contributed by atoms with Gasteiger partial charge in [-0.2, -0.15) is 0 Å². The van der Waals surface area contributed by atoms with E-state index in [4.69, 9.17) is 0 Å². The molecule has 1 aromatic carbocycles. The molecular weight excluding hydrogens is 227 g/mol. The lowest BCUT2D eigenvalue weighted by Crippen LogP contribution is -2.24. The first kappa shape index (κ1) is 12.4. The summed E-state index contributed by atoms with van der Waals surface area (Å²) < 4.78 is 39.1. The minimum atomic E-state index is -1.37. The molecule has 17 heavy (non-hydrogen) atoms. The van der Waals surface area contributed by atoms with E-state index < -0.39 is 17.5 Å². The molecule has 1 nitrogen and oxygen atoms in total. The lowest BCUT2D eigenvalue weighted by atomic mass is 10.0. The second-order valence-electron chi connectivity index (χ2n) is 4.83. The molecule has 0 radical (unpaired) electrons. The van der Waals surface area contributed by atoms with Gasteiger partial charge in [0.05, 0.1) is 0 Å². The van der Waals surface area contributed by atoms with Gasteiger partial charge in [0.25, 0.3) is 0 Å². The molecule has 1 unspecified atom stereocenters. The van der Waals surface area contributed by atoms with E-state index in [9.17, 15) is 13.2 Å². The van der Waals surface area contributed by atoms with E-state index in [2.05, 4.69) is 5.32 Å². The van der Waals surface area contributed by atoms with Gasteiger partial charge in [0, 0.05) is 6.04 Å². The van der Waals surface area contributed by atoms with Gasteiger partial charge in [-0.25, -0.2) is 13.2 Å². The fourth-order valence-electron chi connectivity index (χ4n) is 1.83. The van der Waals surface area contributed by atoms with Crippen LogP contribution in [-0.4, -0.2) is 12.6 Å². The Morgan fingerprint density at radius 3 is 2.59 bits per heavy atom. The molecule has 0 heterocycles. The Hall–Kier alpha value is -1.03. The highest BCUT2D eigenvalue weighted by atomic mass is 19.2. The summed E-state index contributed by atoms with van der Waals surface area (Å²) >= 11 is 0. The van der Waals surface area contributed by atoms with Crippen LogP contribution in [0.1, 0.15) is 25.3 Å². The Labute approximate surface area is 99.0 Å². The fraction of sp³-hybridized carbons (Fsp3) is 0.538. The molecule has 0 saturated heterocycles. The maximum absolute atomic E-state index is 13.4. The van der Waals surface area contributed by atoms with Crippen LogP contribution in [-0.2, 0) is 6.42 Å². The van der Waals surface area contributed by atoms with Crippen molar-refractivity contribution in [1.82, 2.24) is 5.32 Å². The van der Waals surface area contributed by atoms with Crippen LogP contribution >= 0.6 is 0 Å². The van der Waals surface area contributed by atoms with Crippen molar-refractivity contribution in [3.05, 3.63) is 35.1 Å². The normalized spacial score (nSPS) is 17.2. The highest BCUT2D eigenvalue weighted by molar-refractivity contribution is 5.20. The first-order chi connectivity index (χ1) is 8.08. The molecule has 0 aromatic heterocycles. The fourth-order valence-corrected chi connectivity index (χ4v) is 1.83. The zero-order valence-electron chi connectivity index (χ0n) is 9.77. The lowest BCUT2D eigenvalue weighted by molar-refractivity contribution is 0.431. The molecule has 1 aromatic rings. The van der Waals surface area contributed by atoms with Crippen LogP contribution in [0.2, 0.25) is 0 Å². The van der Waals surface area contributed by atoms with Gasteiger partial charge in [-0.15, -0.1) is 0 Å². The molecule has 1 aliphatic carbocycles. The topological polar surface area (TPSA) is 12.0 Å². The standard InChI is InChI=1S/C13H16F3N/c1-8(7-17-10-3-4-10)6-9-2-5-11(14)13(16)12(9)15/h2,5,8,10,17H,3-4,6-7H2,1H3. The summed E-state index contributed by atoms with van der Waals surface area (Å²) in [5, 5.41) is 3.33. The number of nitrogens with one attached hydrogen (secondary N) is 1. The van der Waals surface area contributed by atoms with Crippen molar-refractivity contribution in [2.45, 2.75) is 32.2 Å². The Balaban J connectivity index is 1.94. The van der Waals surface area contributed by atoms with E-state index in [0.29, 0.717) is 12.5 Å². The van der Waals surface area contributed by atoms with Crippen molar-refractivity contribution in [3.63, 3.8) is 0 Å². The quantitative estimate of drug-likeness (QED) is 0.784. The van der Waals surface area contributed by atoms with Gasteiger partial charge in [0.1, 0.15) is 0 Å². The summed E-state index contributed by atoms with van der Waals surface area (Å²) in [5.41, 5.74) is 0.244. The third-order valence-electron chi connectivity index (χ3n) is 3.02. The zero-order chi connectivity index (χ0) is 12.4. The molecule has 1 saturated carbocycles. The van der Waals surface area contributed by atoms with Gasteiger partial charge in [0.15, 0.2) is 17.5 Å². The number of benzene rings is 1. The average molecular weight is 243 g/mol. The Morgan fingerprint density at radius 1 is 1.24 bits per heavy atom. The smallest absolute Gasteiger partial charge is 0.194 e. The maximum Gasteiger partial charge on any atom is 0.194 e. The highest BCUT2D eigenvalue weighted by Gasteiger charge is 2.21. The van der Waals surface area contributed by atoms with Gasteiger partial charge in [-0.3, -0.25) is 0 Å². The summed E-state index contributed by atoms with van der Waals surface area (Å²) in [6.07, 6.45) is 2.82. The van der Waals surface area contributed by atoms with Crippen LogP contribution in [0.25, 0.3) is 0 Å². The molecule has 1 aliphatic rings. The molecule has 4 heteroatoms. The minimum absolute atomic E-state index is 0.204. The van der Waals surface area contributed by atoms with Gasteiger partial charge in [-0.1, -0.05) is 13.0 Å². The van der Waals surface area contributed by atoms with Crippen molar-refractivity contribution in [1.29, 1.82) is 0 Å². The molecule has 1 N–H and O–H groups in total. The monoisotopic (exact) mass is 243 g/mol. The molecule has 94 valence electrons. The Bertz CT molecular complexity index is 402. The van der Waals surface area contributed by atoms with Gasteiger partial charge < -0.3 is 5.32 Å². The number of hydrogen-bond acceptors (Lipinski definition) is 1. The Morgan fingerprint density at radius 2 is 1.94 bits per heavy atom. The van der Waals surface area contributed by atoms with Crippen molar-refractivity contribution < 1.29 is 13.2 Å². The molecule has 0 amide bonds. The Kier molecular flexibility index (Phi) is 3.72. The van der Waals surface area contributed by atoms with E-state index in [1.54, 1.807) is 0 Å². The van der Waals surface area contributed by atoms with Crippen molar-refractivity contribution in [2.75, 3.05) is 6.54 Å². The van der Waals surface area contributed by atoms with E-state index in [1.165, 1.54) is 18.9 Å². The second kappa shape index (κ2) is 5.08. The predicted molar refractivity (Wildman–Crippen MR) is 60.2 cm³/mol. The van der Waals surface area contributed by atoms with Crippen molar-refractivity contribution in [2.24, 2.45) is 5.92 Å². The summed E-state index contributed by atoms with van der Waals surface area (Å²) in [7, 11) is 0. The highest BCUT2D eigenvalue weighted by Crippen LogP contribution is 2.21.